The Labute approximate surface area is 61.1 Å². The van der Waals surface area contributed by atoms with Gasteiger partial charge in [-0.05, 0) is 12.8 Å². The molecule has 0 aromatic carbocycles. The summed E-state index contributed by atoms with van der Waals surface area (Å²) in [5, 5.41) is 0. The van der Waals surface area contributed by atoms with Crippen LogP contribution in [0.2, 0.25) is 0 Å². The Morgan fingerprint density at radius 2 is 2.30 bits per heavy atom. The molecular weight excluding hydrogens is 128 g/mol. The maximum absolute atomic E-state index is 10.8. The van der Waals surface area contributed by atoms with E-state index in [0.717, 1.165) is 0 Å². The van der Waals surface area contributed by atoms with E-state index in [-0.39, 0.29) is 5.91 Å². The molecular formula is C7H12N2O. The predicted molar refractivity (Wildman–Crippen MR) is 41.2 cm³/mol. The highest BCUT2D eigenvalue weighted by Crippen LogP contribution is 1.75. The molecule has 3 heteroatoms. The molecule has 0 aromatic heterocycles. The summed E-state index contributed by atoms with van der Waals surface area (Å²) in [5.41, 5.74) is 0. The number of carbonyl (C=O) groups excluding carboxylic acids is 1. The summed E-state index contributed by atoms with van der Waals surface area (Å²) < 4.78 is 0. The molecule has 10 heavy (non-hydrogen) atoms. The minimum absolute atomic E-state index is 0.0859. The summed E-state index contributed by atoms with van der Waals surface area (Å²) in [6, 6.07) is 0. The van der Waals surface area contributed by atoms with Crippen LogP contribution in [-0.4, -0.2) is 37.3 Å². The average molecular weight is 140 g/mol. The van der Waals surface area contributed by atoms with Gasteiger partial charge in [-0.2, -0.15) is 0 Å². The smallest absolute Gasteiger partial charge is 0.255 e. The van der Waals surface area contributed by atoms with Crippen molar-refractivity contribution in [2.24, 2.45) is 4.99 Å². The normalized spacial score (nSPS) is 7.90. The molecule has 0 aliphatic heterocycles. The monoisotopic (exact) mass is 140 g/mol. The SMILES string of the molecule is CCN=C=CC(=O)N(C)C. The maximum Gasteiger partial charge on any atom is 0.255 e. The molecule has 0 bridgehead atoms. The molecule has 0 aromatic rings. The molecule has 0 aliphatic carbocycles. The molecule has 0 heterocycles. The first-order valence-electron chi connectivity index (χ1n) is 3.15. The third-order valence-corrected chi connectivity index (χ3v) is 0.878. The number of hydrogen-bond donors (Lipinski definition) is 0. The second kappa shape index (κ2) is 4.77. The number of likely N-dealkylation sites (N-methyl/N-ethyl adjacent to an activating group) is 1. The van der Waals surface area contributed by atoms with Crippen LogP contribution in [0.5, 0.6) is 0 Å². The minimum Gasteiger partial charge on any atom is -0.345 e. The van der Waals surface area contributed by atoms with Crippen molar-refractivity contribution < 1.29 is 4.79 Å². The zero-order valence-electron chi connectivity index (χ0n) is 6.59. The Balaban J connectivity index is 3.90. The van der Waals surface area contributed by atoms with Crippen molar-refractivity contribution in [3.05, 3.63) is 6.08 Å². The minimum atomic E-state index is -0.0859. The number of carbonyl (C=O) groups is 1. The van der Waals surface area contributed by atoms with Gasteiger partial charge in [0.2, 0.25) is 0 Å². The predicted octanol–water partition coefficient (Wildman–Crippen LogP) is 0.320. The summed E-state index contributed by atoms with van der Waals surface area (Å²) in [6.45, 7) is 2.55. The van der Waals surface area contributed by atoms with Gasteiger partial charge in [0.1, 0.15) is 0 Å². The van der Waals surface area contributed by atoms with E-state index in [4.69, 9.17) is 0 Å². The van der Waals surface area contributed by atoms with Gasteiger partial charge >= 0.3 is 0 Å². The Kier molecular flexibility index (Phi) is 4.25. The van der Waals surface area contributed by atoms with Crippen LogP contribution in [0.15, 0.2) is 11.1 Å². The van der Waals surface area contributed by atoms with Crippen molar-refractivity contribution in [1.29, 1.82) is 0 Å². The highest BCUT2D eigenvalue weighted by Gasteiger charge is 1.94. The molecule has 56 valence electrons. The standard InChI is InChI=1S/C7H12N2O/c1-4-8-6-5-7(10)9(2)3/h5H,4H2,1-3H3. The lowest BCUT2D eigenvalue weighted by atomic mass is 10.5. The lowest BCUT2D eigenvalue weighted by molar-refractivity contribution is -0.123. The van der Waals surface area contributed by atoms with Crippen molar-refractivity contribution >= 4 is 11.8 Å². The topological polar surface area (TPSA) is 32.7 Å². The van der Waals surface area contributed by atoms with E-state index in [0.29, 0.717) is 6.54 Å². The Bertz CT molecular complexity index is 166. The molecule has 0 saturated heterocycles. The van der Waals surface area contributed by atoms with Gasteiger partial charge in [-0.3, -0.25) is 4.79 Å². The first-order chi connectivity index (χ1) is 4.68. The van der Waals surface area contributed by atoms with Crippen LogP contribution in [-0.2, 0) is 4.79 Å². The van der Waals surface area contributed by atoms with Gasteiger partial charge in [0, 0.05) is 20.6 Å². The van der Waals surface area contributed by atoms with Crippen molar-refractivity contribution in [3.63, 3.8) is 0 Å². The molecule has 0 atom stereocenters. The van der Waals surface area contributed by atoms with Crippen LogP contribution in [0.3, 0.4) is 0 Å². The Morgan fingerprint density at radius 3 is 2.70 bits per heavy atom. The highest BCUT2D eigenvalue weighted by molar-refractivity contribution is 5.94. The zero-order valence-corrected chi connectivity index (χ0v) is 6.59. The number of aliphatic imine (C=N–C) groups is 1. The molecule has 0 rings (SSSR count). The third kappa shape index (κ3) is 3.87. The zero-order chi connectivity index (χ0) is 7.98. The van der Waals surface area contributed by atoms with E-state index in [1.807, 2.05) is 6.92 Å². The largest absolute Gasteiger partial charge is 0.345 e. The van der Waals surface area contributed by atoms with Gasteiger partial charge in [-0.15, -0.1) is 0 Å². The van der Waals surface area contributed by atoms with E-state index in [2.05, 4.69) is 10.9 Å². The number of amides is 1. The quantitative estimate of drug-likeness (QED) is 0.401. The van der Waals surface area contributed by atoms with Crippen molar-refractivity contribution in [2.75, 3.05) is 20.6 Å². The van der Waals surface area contributed by atoms with Crippen molar-refractivity contribution in [2.45, 2.75) is 6.92 Å². The number of hydrogen-bond acceptors (Lipinski definition) is 2. The van der Waals surface area contributed by atoms with Crippen LogP contribution in [0.4, 0.5) is 0 Å². The van der Waals surface area contributed by atoms with E-state index >= 15 is 0 Å². The van der Waals surface area contributed by atoms with Gasteiger partial charge in [0.25, 0.3) is 5.91 Å². The van der Waals surface area contributed by atoms with Crippen LogP contribution in [0.25, 0.3) is 0 Å². The van der Waals surface area contributed by atoms with Crippen LogP contribution in [0.1, 0.15) is 6.92 Å². The Hall–Kier alpha value is -1.08. The van der Waals surface area contributed by atoms with Gasteiger partial charge in [-0.25, -0.2) is 4.99 Å². The summed E-state index contributed by atoms with van der Waals surface area (Å²) in [6.07, 6.45) is 1.32. The van der Waals surface area contributed by atoms with Crippen LogP contribution >= 0.6 is 0 Å². The third-order valence-electron chi connectivity index (χ3n) is 0.878. The fourth-order valence-electron chi connectivity index (χ4n) is 0.321. The van der Waals surface area contributed by atoms with Gasteiger partial charge in [0.05, 0.1) is 6.08 Å². The van der Waals surface area contributed by atoms with Gasteiger partial charge in [-0.1, -0.05) is 0 Å². The Morgan fingerprint density at radius 1 is 1.70 bits per heavy atom. The van der Waals surface area contributed by atoms with Gasteiger partial charge < -0.3 is 4.90 Å². The molecule has 0 radical (unpaired) electrons. The summed E-state index contributed by atoms with van der Waals surface area (Å²) in [7, 11) is 3.37. The molecule has 1 amide bonds. The van der Waals surface area contributed by atoms with Crippen LogP contribution < -0.4 is 0 Å². The maximum atomic E-state index is 10.8. The lowest BCUT2D eigenvalue weighted by Crippen LogP contribution is -2.18. The molecule has 0 saturated carbocycles. The summed E-state index contributed by atoms with van der Waals surface area (Å²) in [5.74, 6) is 2.44. The number of nitrogens with zero attached hydrogens (tertiary/aromatic N) is 2. The van der Waals surface area contributed by atoms with Crippen LogP contribution in [0, 0.1) is 0 Å². The second-order valence-electron chi connectivity index (χ2n) is 1.98. The summed E-state index contributed by atoms with van der Waals surface area (Å²) >= 11 is 0. The summed E-state index contributed by atoms with van der Waals surface area (Å²) in [4.78, 5) is 16.0. The first kappa shape index (κ1) is 8.92. The van der Waals surface area contributed by atoms with Gasteiger partial charge in [0.15, 0.2) is 0 Å². The second-order valence-corrected chi connectivity index (χ2v) is 1.98. The van der Waals surface area contributed by atoms with E-state index < -0.39 is 0 Å². The fraction of sp³-hybridized carbons (Fsp3) is 0.571. The van der Waals surface area contributed by atoms with E-state index in [1.54, 1.807) is 14.1 Å². The fourth-order valence-corrected chi connectivity index (χ4v) is 0.321. The molecule has 0 fully saturated rings. The molecule has 0 N–H and O–H groups in total. The number of rotatable bonds is 2. The van der Waals surface area contributed by atoms with Crippen molar-refractivity contribution in [1.82, 2.24) is 4.90 Å². The van der Waals surface area contributed by atoms with Crippen molar-refractivity contribution in [3.8, 4) is 0 Å². The van der Waals surface area contributed by atoms with E-state index in [1.165, 1.54) is 11.0 Å². The molecule has 0 aliphatic rings. The highest BCUT2D eigenvalue weighted by atomic mass is 16.2. The lowest BCUT2D eigenvalue weighted by Gasteiger charge is -2.02. The average Bonchev–Trinajstić information content (AvgIpc) is 1.88. The first-order valence-corrected chi connectivity index (χ1v) is 3.15. The molecule has 0 spiro atoms. The molecule has 3 nitrogen and oxygen atoms in total. The van der Waals surface area contributed by atoms with E-state index in [9.17, 15) is 4.79 Å². The molecule has 0 unspecified atom stereocenters.